The van der Waals surface area contributed by atoms with Gasteiger partial charge in [-0.25, -0.2) is 0 Å². The average molecular weight is 296 g/mol. The second kappa shape index (κ2) is 6.78. The number of carbonyl (C=O) groups excluding carboxylic acids is 1. The molecular weight excluding hydrogens is 285 g/mol. The van der Waals surface area contributed by atoms with Gasteiger partial charge in [-0.3, -0.25) is 4.79 Å². The first-order valence-electron chi connectivity index (χ1n) is 5.23. The number of ketones is 1. The van der Waals surface area contributed by atoms with Crippen LogP contribution in [0.2, 0.25) is 0 Å². The zero-order valence-electron chi connectivity index (χ0n) is 10.1. The van der Waals surface area contributed by atoms with Gasteiger partial charge in [0, 0.05) is 5.56 Å². The van der Waals surface area contributed by atoms with Gasteiger partial charge in [-0.1, -0.05) is 11.3 Å². The number of Topliss-reactive ketones (excluding diaryl/α,β-unsaturated/α-hetero) is 1. The van der Waals surface area contributed by atoms with E-state index in [4.69, 9.17) is 0 Å². The van der Waals surface area contributed by atoms with Crippen LogP contribution < -0.4 is 4.89 Å². The van der Waals surface area contributed by atoms with Crippen LogP contribution in [-0.2, 0) is 14.9 Å². The summed E-state index contributed by atoms with van der Waals surface area (Å²) in [6.45, 7) is 3.27. The first-order valence-corrected chi connectivity index (χ1v) is 5.89. The van der Waals surface area contributed by atoms with Crippen molar-refractivity contribution in [2.75, 3.05) is 0 Å². The standard InChI is InChI=1S/C11H11F3O4S/c1-3-8-6-9(4-5-10(8)7(2)15)16-18-19-17-11(12,13)14/h4-6H,3H2,1-2H3. The fourth-order valence-electron chi connectivity index (χ4n) is 1.36. The molecular formula is C11H11F3O4S. The molecule has 0 heterocycles. The van der Waals surface area contributed by atoms with Crippen LogP contribution in [0.4, 0.5) is 13.2 Å². The molecule has 0 saturated carbocycles. The maximum atomic E-state index is 11.6. The number of hydrogen-bond acceptors (Lipinski definition) is 5. The Morgan fingerprint density at radius 1 is 1.37 bits per heavy atom. The van der Waals surface area contributed by atoms with Gasteiger partial charge in [0.1, 0.15) is 0 Å². The van der Waals surface area contributed by atoms with E-state index in [1.165, 1.54) is 25.1 Å². The van der Waals surface area contributed by atoms with E-state index in [9.17, 15) is 18.0 Å². The molecule has 8 heteroatoms. The van der Waals surface area contributed by atoms with Crippen molar-refractivity contribution in [3.8, 4) is 5.75 Å². The van der Waals surface area contributed by atoms with Crippen LogP contribution in [0.3, 0.4) is 0 Å². The van der Waals surface area contributed by atoms with Gasteiger partial charge in [0.2, 0.25) is 12.3 Å². The Kier molecular flexibility index (Phi) is 5.64. The molecule has 0 spiro atoms. The molecule has 0 bridgehead atoms. The van der Waals surface area contributed by atoms with E-state index in [1.807, 2.05) is 6.92 Å². The molecule has 0 aromatic heterocycles. The van der Waals surface area contributed by atoms with Crippen molar-refractivity contribution >= 4 is 18.1 Å². The Balaban J connectivity index is 2.58. The third-order valence-corrected chi connectivity index (χ3v) is 2.50. The smallest absolute Gasteiger partial charge is 0.323 e. The molecule has 0 atom stereocenters. The van der Waals surface area contributed by atoms with Gasteiger partial charge in [-0.05, 0) is 37.1 Å². The number of benzene rings is 1. The van der Waals surface area contributed by atoms with E-state index in [-0.39, 0.29) is 23.9 Å². The number of halogens is 3. The molecule has 0 aliphatic heterocycles. The van der Waals surface area contributed by atoms with Crippen LogP contribution in [0.25, 0.3) is 0 Å². The molecule has 1 aromatic rings. The minimum absolute atomic E-state index is 0.0981. The summed E-state index contributed by atoms with van der Waals surface area (Å²) in [4.78, 5) is 15.9. The minimum Gasteiger partial charge on any atom is -0.323 e. The molecule has 1 aromatic carbocycles. The van der Waals surface area contributed by atoms with Crippen LogP contribution in [0.15, 0.2) is 18.2 Å². The van der Waals surface area contributed by atoms with E-state index < -0.39 is 6.36 Å². The highest BCUT2D eigenvalue weighted by Gasteiger charge is 2.31. The van der Waals surface area contributed by atoms with Gasteiger partial charge in [-0.15, -0.1) is 13.2 Å². The Morgan fingerprint density at radius 2 is 2.05 bits per heavy atom. The maximum absolute atomic E-state index is 11.6. The molecule has 0 unspecified atom stereocenters. The van der Waals surface area contributed by atoms with Crippen molar-refractivity contribution in [2.24, 2.45) is 0 Å². The largest absolute Gasteiger partial charge is 0.535 e. The first kappa shape index (κ1) is 15.8. The quantitative estimate of drug-likeness (QED) is 0.262. The lowest BCUT2D eigenvalue weighted by molar-refractivity contribution is -0.274. The molecule has 0 radical (unpaired) electrons. The van der Waals surface area contributed by atoms with Crippen molar-refractivity contribution in [3.05, 3.63) is 29.3 Å². The second-order valence-electron chi connectivity index (χ2n) is 3.48. The predicted molar refractivity (Wildman–Crippen MR) is 62.3 cm³/mol. The summed E-state index contributed by atoms with van der Waals surface area (Å²) in [5.74, 6) is 0.0826. The van der Waals surface area contributed by atoms with Gasteiger partial charge in [0.05, 0.1) is 0 Å². The van der Waals surface area contributed by atoms with E-state index in [0.29, 0.717) is 12.0 Å². The van der Waals surface area contributed by atoms with Crippen LogP contribution in [0.1, 0.15) is 29.8 Å². The highest BCUT2D eigenvalue weighted by molar-refractivity contribution is 7.89. The van der Waals surface area contributed by atoms with Gasteiger partial charge in [0.15, 0.2) is 11.5 Å². The molecule has 0 N–H and O–H groups in total. The first-order chi connectivity index (χ1) is 8.83. The molecule has 0 aliphatic rings. The summed E-state index contributed by atoms with van der Waals surface area (Å²) in [5.41, 5.74) is 1.25. The Hall–Kier alpha value is -1.25. The summed E-state index contributed by atoms with van der Waals surface area (Å²) in [6, 6.07) is 4.46. The van der Waals surface area contributed by atoms with E-state index in [0.717, 1.165) is 5.56 Å². The highest BCUT2D eigenvalue weighted by Crippen LogP contribution is 2.25. The number of aryl methyl sites for hydroxylation is 1. The normalized spacial score (nSPS) is 11.4. The lowest BCUT2D eigenvalue weighted by atomic mass is 10.0. The Morgan fingerprint density at radius 3 is 2.58 bits per heavy atom. The average Bonchev–Trinajstić information content (AvgIpc) is 2.33. The van der Waals surface area contributed by atoms with E-state index in [2.05, 4.69) is 13.4 Å². The summed E-state index contributed by atoms with van der Waals surface area (Å²) < 4.78 is 42.3. The predicted octanol–water partition coefficient (Wildman–Crippen LogP) is 3.86. The molecule has 1 rings (SSSR count). The fraction of sp³-hybridized carbons (Fsp3) is 0.364. The third-order valence-electron chi connectivity index (χ3n) is 2.12. The number of alkyl halides is 3. The number of rotatable bonds is 6. The summed E-state index contributed by atoms with van der Waals surface area (Å²) in [5, 5.41) is 0. The Bertz CT molecular complexity index is 448. The second-order valence-corrected chi connectivity index (χ2v) is 3.92. The van der Waals surface area contributed by atoms with Crippen LogP contribution >= 0.6 is 12.3 Å². The van der Waals surface area contributed by atoms with Crippen molar-refractivity contribution in [3.63, 3.8) is 0 Å². The summed E-state index contributed by atoms with van der Waals surface area (Å²) in [6.07, 6.45) is -4.22. The molecule has 19 heavy (non-hydrogen) atoms. The fourth-order valence-corrected chi connectivity index (χ4v) is 1.57. The maximum Gasteiger partial charge on any atom is 0.535 e. The van der Waals surface area contributed by atoms with Gasteiger partial charge >= 0.3 is 6.36 Å². The zero-order chi connectivity index (χ0) is 14.5. The minimum atomic E-state index is -4.80. The number of hydrogen-bond donors (Lipinski definition) is 0. The molecule has 4 nitrogen and oxygen atoms in total. The number of carbonyl (C=O) groups is 1. The molecule has 0 saturated heterocycles. The van der Waals surface area contributed by atoms with Crippen LogP contribution in [0.5, 0.6) is 5.75 Å². The van der Waals surface area contributed by atoms with Gasteiger partial charge in [0.25, 0.3) is 0 Å². The lowest BCUT2D eigenvalue weighted by Crippen LogP contribution is -2.08. The summed E-state index contributed by atoms with van der Waals surface area (Å²) >= 11 is -0.335. The Labute approximate surface area is 112 Å². The molecule has 0 aliphatic carbocycles. The summed E-state index contributed by atoms with van der Waals surface area (Å²) in [7, 11) is 0. The van der Waals surface area contributed by atoms with E-state index in [1.54, 1.807) is 0 Å². The molecule has 0 fully saturated rings. The SMILES string of the molecule is CCc1cc(OOSOC(F)(F)F)ccc1C(C)=O. The van der Waals surface area contributed by atoms with E-state index >= 15 is 0 Å². The topological polar surface area (TPSA) is 44.8 Å². The van der Waals surface area contributed by atoms with Gasteiger partial charge in [-0.2, -0.15) is 4.18 Å². The molecule has 0 amide bonds. The third kappa shape index (κ3) is 5.50. The highest BCUT2D eigenvalue weighted by atomic mass is 32.2. The monoisotopic (exact) mass is 296 g/mol. The van der Waals surface area contributed by atoms with Crippen LogP contribution in [0, 0.1) is 0 Å². The molecule has 106 valence electrons. The van der Waals surface area contributed by atoms with Crippen LogP contribution in [-0.4, -0.2) is 12.1 Å². The lowest BCUT2D eigenvalue weighted by Gasteiger charge is -2.08. The van der Waals surface area contributed by atoms with Gasteiger partial charge < -0.3 is 4.89 Å². The zero-order valence-corrected chi connectivity index (χ0v) is 10.9. The van der Waals surface area contributed by atoms with Crippen molar-refractivity contribution in [1.29, 1.82) is 0 Å². The van der Waals surface area contributed by atoms with Crippen molar-refractivity contribution < 1.29 is 31.4 Å². The van der Waals surface area contributed by atoms with Crippen molar-refractivity contribution in [2.45, 2.75) is 26.6 Å². The van der Waals surface area contributed by atoms with Crippen molar-refractivity contribution in [1.82, 2.24) is 0 Å².